The molecule has 0 aliphatic carbocycles. The number of nitrogens with zero attached hydrogens (tertiary/aromatic N) is 1. The molecule has 0 unspecified atom stereocenters. The van der Waals surface area contributed by atoms with Crippen LogP contribution in [0.2, 0.25) is 5.02 Å². The van der Waals surface area contributed by atoms with Crippen LogP contribution < -0.4 is 15.5 Å². The Balaban J connectivity index is 1.52. The fourth-order valence-corrected chi connectivity index (χ4v) is 3.68. The molecule has 0 radical (unpaired) electrons. The lowest BCUT2D eigenvalue weighted by Crippen LogP contribution is -2.32. The third kappa shape index (κ3) is 4.77. The van der Waals surface area contributed by atoms with E-state index in [-0.39, 0.29) is 16.6 Å². The van der Waals surface area contributed by atoms with Gasteiger partial charge in [-0.2, -0.15) is 0 Å². The van der Waals surface area contributed by atoms with Gasteiger partial charge in [-0.1, -0.05) is 48.3 Å². The van der Waals surface area contributed by atoms with Gasteiger partial charge in [0.05, 0.1) is 5.69 Å². The van der Waals surface area contributed by atoms with Gasteiger partial charge in [-0.3, -0.25) is 14.4 Å². The van der Waals surface area contributed by atoms with E-state index in [9.17, 15) is 14.4 Å². The quantitative estimate of drug-likeness (QED) is 0.451. The van der Waals surface area contributed by atoms with E-state index >= 15 is 0 Å². The Kier molecular flexibility index (Phi) is 6.49. The van der Waals surface area contributed by atoms with Crippen LogP contribution in [0, 0.1) is 0 Å². The van der Waals surface area contributed by atoms with Crippen LogP contribution in [-0.4, -0.2) is 17.7 Å². The van der Waals surface area contributed by atoms with Gasteiger partial charge in [0.2, 0.25) is 0 Å². The van der Waals surface area contributed by atoms with Crippen molar-refractivity contribution in [2.45, 2.75) is 13.3 Å². The van der Waals surface area contributed by atoms with Gasteiger partial charge in [0, 0.05) is 22.0 Å². The summed E-state index contributed by atoms with van der Waals surface area (Å²) >= 11 is 12.1. The Bertz CT molecular complexity index is 1270. The summed E-state index contributed by atoms with van der Waals surface area (Å²) in [6, 6.07) is 20.4. The Morgan fingerprint density at radius 2 is 1.58 bits per heavy atom. The molecular weight excluding hydrogens is 461 g/mol. The summed E-state index contributed by atoms with van der Waals surface area (Å²) in [5.41, 5.74) is 2.87. The molecule has 0 aromatic heterocycles. The van der Waals surface area contributed by atoms with Crippen LogP contribution in [0.15, 0.2) is 83.5 Å². The van der Waals surface area contributed by atoms with Crippen LogP contribution in [-0.2, 0) is 16.0 Å². The average molecular weight is 480 g/mol. The molecule has 4 rings (SSSR count). The number of rotatable bonds is 6. The highest BCUT2D eigenvalue weighted by Gasteiger charge is 2.38. The van der Waals surface area contributed by atoms with Gasteiger partial charge in [0.15, 0.2) is 0 Å². The SMILES string of the molecule is CCc1ccc(N2C(=O)C(Cl)=C(Nc3cccc(C(=O)Nc4ccc(Cl)cc4)c3)C2=O)cc1. The van der Waals surface area contributed by atoms with Crippen LogP contribution in [0.4, 0.5) is 17.1 Å². The number of amides is 3. The summed E-state index contributed by atoms with van der Waals surface area (Å²) in [4.78, 5) is 39.3. The predicted octanol–water partition coefficient (Wildman–Crippen LogP) is 5.59. The first-order valence-corrected chi connectivity index (χ1v) is 10.9. The molecule has 0 saturated heterocycles. The van der Waals surface area contributed by atoms with Gasteiger partial charge in [0.1, 0.15) is 10.7 Å². The second-order valence-electron chi connectivity index (χ2n) is 7.32. The fourth-order valence-electron chi connectivity index (χ4n) is 3.35. The lowest BCUT2D eigenvalue weighted by Gasteiger charge is -2.15. The van der Waals surface area contributed by atoms with Gasteiger partial charge >= 0.3 is 0 Å². The Labute approximate surface area is 200 Å². The van der Waals surface area contributed by atoms with Gasteiger partial charge in [-0.25, -0.2) is 4.90 Å². The number of hydrogen-bond donors (Lipinski definition) is 2. The first-order valence-electron chi connectivity index (χ1n) is 10.2. The third-order valence-corrected chi connectivity index (χ3v) is 5.73. The van der Waals surface area contributed by atoms with Gasteiger partial charge in [-0.05, 0) is 66.6 Å². The first kappa shape index (κ1) is 22.6. The summed E-state index contributed by atoms with van der Waals surface area (Å²) in [5.74, 6) is -1.51. The number of nitrogens with one attached hydrogen (secondary N) is 2. The molecule has 0 saturated carbocycles. The lowest BCUT2D eigenvalue weighted by atomic mass is 10.1. The molecule has 0 atom stereocenters. The van der Waals surface area contributed by atoms with Crippen molar-refractivity contribution in [3.63, 3.8) is 0 Å². The van der Waals surface area contributed by atoms with E-state index in [1.54, 1.807) is 60.7 Å². The minimum atomic E-state index is -0.606. The molecule has 1 aliphatic rings. The van der Waals surface area contributed by atoms with E-state index in [1.165, 1.54) is 0 Å². The average Bonchev–Trinajstić information content (AvgIpc) is 3.04. The highest BCUT2D eigenvalue weighted by molar-refractivity contribution is 6.53. The number of carbonyl (C=O) groups is 3. The van der Waals surface area contributed by atoms with Crippen molar-refractivity contribution in [2.24, 2.45) is 0 Å². The van der Waals surface area contributed by atoms with Crippen LogP contribution in [0.25, 0.3) is 0 Å². The number of carbonyl (C=O) groups excluding carboxylic acids is 3. The molecule has 6 nitrogen and oxygen atoms in total. The Morgan fingerprint density at radius 1 is 0.879 bits per heavy atom. The molecule has 33 heavy (non-hydrogen) atoms. The first-order chi connectivity index (χ1) is 15.9. The van der Waals surface area contributed by atoms with E-state index in [4.69, 9.17) is 23.2 Å². The maximum absolute atomic E-state index is 13.0. The van der Waals surface area contributed by atoms with Gasteiger partial charge in [-0.15, -0.1) is 0 Å². The Hall–Kier alpha value is -3.61. The van der Waals surface area contributed by atoms with E-state index in [2.05, 4.69) is 10.6 Å². The van der Waals surface area contributed by atoms with Crippen molar-refractivity contribution < 1.29 is 14.4 Å². The van der Waals surface area contributed by atoms with E-state index in [1.807, 2.05) is 19.1 Å². The van der Waals surface area contributed by atoms with Crippen molar-refractivity contribution in [1.82, 2.24) is 0 Å². The second kappa shape index (κ2) is 9.48. The van der Waals surface area contributed by atoms with Crippen LogP contribution >= 0.6 is 23.2 Å². The van der Waals surface area contributed by atoms with Crippen LogP contribution in [0.3, 0.4) is 0 Å². The molecule has 8 heteroatoms. The summed E-state index contributed by atoms with van der Waals surface area (Å²) in [6.07, 6.45) is 0.843. The molecule has 3 amide bonds. The van der Waals surface area contributed by atoms with Gasteiger partial charge < -0.3 is 10.6 Å². The standard InChI is InChI=1S/C25H19Cl2N3O3/c1-2-15-6-12-20(13-7-15)30-24(32)21(27)22(25(30)33)28-19-5-3-4-16(14-19)23(31)29-18-10-8-17(26)9-11-18/h3-14,28H,2H2,1H3,(H,29,31). The Morgan fingerprint density at radius 3 is 2.24 bits per heavy atom. The number of halogens is 2. The number of aryl methyl sites for hydroxylation is 1. The van der Waals surface area contributed by atoms with E-state index in [0.29, 0.717) is 27.6 Å². The lowest BCUT2D eigenvalue weighted by molar-refractivity contribution is -0.120. The smallest absolute Gasteiger partial charge is 0.283 e. The highest BCUT2D eigenvalue weighted by atomic mass is 35.5. The van der Waals surface area contributed by atoms with Crippen molar-refractivity contribution in [2.75, 3.05) is 15.5 Å². The van der Waals surface area contributed by atoms with Crippen LogP contribution in [0.1, 0.15) is 22.8 Å². The summed E-state index contributed by atoms with van der Waals surface area (Å²) in [5, 5.41) is 6.03. The van der Waals surface area contributed by atoms with Crippen molar-refractivity contribution >= 4 is 58.0 Å². The number of imide groups is 1. The second-order valence-corrected chi connectivity index (χ2v) is 8.14. The number of benzene rings is 3. The summed E-state index contributed by atoms with van der Waals surface area (Å²) in [6.45, 7) is 2.02. The molecule has 166 valence electrons. The normalized spacial score (nSPS) is 13.5. The van der Waals surface area contributed by atoms with Crippen molar-refractivity contribution in [3.8, 4) is 0 Å². The zero-order valence-corrected chi connectivity index (χ0v) is 19.1. The zero-order valence-electron chi connectivity index (χ0n) is 17.6. The molecule has 0 bridgehead atoms. The highest BCUT2D eigenvalue weighted by Crippen LogP contribution is 2.30. The molecule has 0 fully saturated rings. The summed E-state index contributed by atoms with van der Waals surface area (Å²) < 4.78 is 0. The molecule has 3 aromatic rings. The monoisotopic (exact) mass is 479 g/mol. The minimum absolute atomic E-state index is 0.0449. The predicted molar refractivity (Wildman–Crippen MR) is 131 cm³/mol. The topological polar surface area (TPSA) is 78.5 Å². The van der Waals surface area contributed by atoms with Gasteiger partial charge in [0.25, 0.3) is 17.7 Å². The van der Waals surface area contributed by atoms with Crippen molar-refractivity contribution in [1.29, 1.82) is 0 Å². The zero-order chi connectivity index (χ0) is 23.5. The maximum atomic E-state index is 13.0. The molecule has 1 heterocycles. The number of hydrogen-bond acceptors (Lipinski definition) is 4. The molecular formula is C25H19Cl2N3O3. The van der Waals surface area contributed by atoms with E-state index in [0.717, 1.165) is 16.9 Å². The largest absolute Gasteiger partial charge is 0.350 e. The molecule has 0 spiro atoms. The number of anilines is 3. The summed E-state index contributed by atoms with van der Waals surface area (Å²) in [7, 11) is 0. The van der Waals surface area contributed by atoms with Crippen molar-refractivity contribution in [3.05, 3.63) is 99.7 Å². The fraction of sp³-hybridized carbons (Fsp3) is 0.0800. The van der Waals surface area contributed by atoms with E-state index < -0.39 is 11.8 Å². The molecule has 1 aliphatic heterocycles. The third-order valence-electron chi connectivity index (χ3n) is 5.13. The minimum Gasteiger partial charge on any atom is -0.350 e. The van der Waals surface area contributed by atoms with Crippen LogP contribution in [0.5, 0.6) is 0 Å². The molecule has 2 N–H and O–H groups in total. The maximum Gasteiger partial charge on any atom is 0.283 e. The molecule has 3 aromatic carbocycles.